The van der Waals surface area contributed by atoms with Crippen LogP contribution in [0.25, 0.3) is 0 Å². The van der Waals surface area contributed by atoms with Crippen molar-refractivity contribution in [3.05, 3.63) is 17.0 Å². The maximum absolute atomic E-state index is 12.9. The Labute approximate surface area is 138 Å². The van der Waals surface area contributed by atoms with E-state index in [1.54, 1.807) is 0 Å². The highest BCUT2D eigenvalue weighted by molar-refractivity contribution is 5.94. The Morgan fingerprint density at radius 3 is 2.65 bits per heavy atom. The maximum atomic E-state index is 12.9. The summed E-state index contributed by atoms with van der Waals surface area (Å²) in [6.07, 6.45) is 0.861. The lowest BCUT2D eigenvalue weighted by molar-refractivity contribution is -0.00704. The Balaban J connectivity index is 1.68. The van der Waals surface area contributed by atoms with Crippen LogP contribution in [-0.2, 0) is 11.2 Å². The molecule has 2 aliphatic rings. The Kier molecular flexibility index (Phi) is 4.73. The number of amides is 1. The molecule has 1 amide bonds. The lowest BCUT2D eigenvalue weighted by Gasteiger charge is -2.35. The number of fused-ring (bicyclic) bond motifs is 1. The predicted octanol–water partition coefficient (Wildman–Crippen LogP) is 1.85. The monoisotopic (exact) mass is 320 g/mol. The molecule has 0 aromatic carbocycles. The number of piperazine rings is 1. The third kappa shape index (κ3) is 3.43. The van der Waals surface area contributed by atoms with Crippen molar-refractivity contribution in [2.24, 2.45) is 5.92 Å². The summed E-state index contributed by atoms with van der Waals surface area (Å²) in [5, 5.41) is 7.33. The van der Waals surface area contributed by atoms with Crippen LogP contribution in [0.3, 0.4) is 0 Å². The average molecular weight is 320 g/mol. The molecule has 2 atom stereocenters. The molecular weight excluding hydrogens is 292 g/mol. The van der Waals surface area contributed by atoms with Crippen LogP contribution < -0.4 is 0 Å². The Bertz CT molecular complexity index is 561. The topological polar surface area (TPSA) is 61.5 Å². The van der Waals surface area contributed by atoms with E-state index >= 15 is 0 Å². The molecule has 23 heavy (non-hydrogen) atoms. The van der Waals surface area contributed by atoms with Gasteiger partial charge in [-0.1, -0.05) is 13.8 Å². The molecule has 128 valence electrons. The zero-order valence-electron chi connectivity index (χ0n) is 14.6. The minimum absolute atomic E-state index is 0.0225. The van der Waals surface area contributed by atoms with Crippen molar-refractivity contribution in [3.8, 4) is 0 Å². The minimum Gasteiger partial charge on any atom is -0.369 e. The van der Waals surface area contributed by atoms with Gasteiger partial charge >= 0.3 is 0 Å². The van der Waals surface area contributed by atoms with E-state index in [9.17, 15) is 4.79 Å². The van der Waals surface area contributed by atoms with Crippen molar-refractivity contribution in [1.82, 2.24) is 20.0 Å². The molecule has 0 saturated carbocycles. The van der Waals surface area contributed by atoms with Crippen LogP contribution in [0, 0.1) is 5.92 Å². The first kappa shape index (κ1) is 16.5. The zero-order valence-corrected chi connectivity index (χ0v) is 14.6. The van der Waals surface area contributed by atoms with E-state index in [-0.39, 0.29) is 18.1 Å². The second-order valence-corrected chi connectivity index (χ2v) is 7.24. The third-order valence-electron chi connectivity index (χ3n) is 4.72. The molecule has 0 aliphatic carbocycles. The summed E-state index contributed by atoms with van der Waals surface area (Å²) in [5.41, 5.74) is 2.61. The molecule has 1 saturated heterocycles. The molecular formula is C17H28N4O2. The lowest BCUT2D eigenvalue weighted by Crippen LogP contribution is -2.49. The van der Waals surface area contributed by atoms with Gasteiger partial charge in [0.15, 0.2) is 5.69 Å². The highest BCUT2D eigenvalue weighted by Crippen LogP contribution is 2.30. The van der Waals surface area contributed by atoms with Crippen molar-refractivity contribution in [3.63, 3.8) is 0 Å². The van der Waals surface area contributed by atoms with Gasteiger partial charge in [-0.2, -0.15) is 5.10 Å². The molecule has 0 spiro atoms. The van der Waals surface area contributed by atoms with E-state index in [1.807, 2.05) is 18.7 Å². The first-order valence-electron chi connectivity index (χ1n) is 8.70. The summed E-state index contributed by atoms with van der Waals surface area (Å²) in [6.45, 7) is 13.1. The van der Waals surface area contributed by atoms with Crippen LogP contribution in [0.2, 0.25) is 0 Å². The van der Waals surface area contributed by atoms with Crippen LogP contribution in [-0.4, -0.2) is 64.7 Å². The molecule has 0 radical (unpaired) electrons. The quantitative estimate of drug-likeness (QED) is 0.923. The molecule has 0 unspecified atom stereocenters. The lowest BCUT2D eigenvalue weighted by atomic mass is 9.99. The van der Waals surface area contributed by atoms with Gasteiger partial charge in [0.2, 0.25) is 0 Å². The molecule has 6 nitrogen and oxygen atoms in total. The van der Waals surface area contributed by atoms with Crippen LogP contribution in [0.4, 0.5) is 0 Å². The third-order valence-corrected chi connectivity index (χ3v) is 4.72. The second-order valence-electron chi connectivity index (χ2n) is 7.24. The van der Waals surface area contributed by atoms with Crippen molar-refractivity contribution >= 4 is 5.91 Å². The Morgan fingerprint density at radius 1 is 1.30 bits per heavy atom. The number of carbonyl (C=O) groups excluding carboxylic acids is 1. The number of H-pyrrole nitrogens is 1. The smallest absolute Gasteiger partial charge is 0.274 e. The summed E-state index contributed by atoms with van der Waals surface area (Å²) in [4.78, 5) is 17.2. The molecule has 0 bridgehead atoms. The number of nitrogens with one attached hydrogen (secondary N) is 1. The standard InChI is InChI=1S/C17H28N4O2/c1-11(2)10-20-5-7-21(8-6-20)17(22)16-14-9-12(3)23-13(4)15(14)18-19-16/h11-13H,5-10H2,1-4H3,(H,18,19)/t12-,13+/m0/s1. The number of aromatic nitrogens is 2. The van der Waals surface area contributed by atoms with E-state index in [1.165, 1.54) is 0 Å². The van der Waals surface area contributed by atoms with Gasteiger partial charge in [-0.3, -0.25) is 14.8 Å². The second kappa shape index (κ2) is 6.61. The van der Waals surface area contributed by atoms with Crippen LogP contribution in [0.15, 0.2) is 0 Å². The summed E-state index contributed by atoms with van der Waals surface area (Å²) >= 11 is 0. The summed E-state index contributed by atoms with van der Waals surface area (Å²) in [6, 6.07) is 0. The summed E-state index contributed by atoms with van der Waals surface area (Å²) in [7, 11) is 0. The van der Waals surface area contributed by atoms with Gasteiger partial charge in [-0.25, -0.2) is 0 Å². The number of aromatic amines is 1. The molecule has 1 N–H and O–H groups in total. The van der Waals surface area contributed by atoms with Gasteiger partial charge in [-0.15, -0.1) is 0 Å². The molecule has 3 heterocycles. The number of hydrogen-bond acceptors (Lipinski definition) is 4. The van der Waals surface area contributed by atoms with Gasteiger partial charge in [-0.05, 0) is 19.8 Å². The van der Waals surface area contributed by atoms with E-state index in [0.717, 1.165) is 50.4 Å². The molecule has 6 heteroatoms. The van der Waals surface area contributed by atoms with Gasteiger partial charge in [0.25, 0.3) is 5.91 Å². The van der Waals surface area contributed by atoms with Gasteiger partial charge in [0.05, 0.1) is 17.9 Å². The van der Waals surface area contributed by atoms with Crippen molar-refractivity contribution in [2.45, 2.75) is 46.3 Å². The van der Waals surface area contributed by atoms with E-state index in [4.69, 9.17) is 4.74 Å². The van der Waals surface area contributed by atoms with Crippen molar-refractivity contribution < 1.29 is 9.53 Å². The van der Waals surface area contributed by atoms with E-state index in [0.29, 0.717) is 11.6 Å². The number of rotatable bonds is 3. The largest absolute Gasteiger partial charge is 0.369 e. The van der Waals surface area contributed by atoms with Crippen molar-refractivity contribution in [1.29, 1.82) is 0 Å². The molecule has 1 fully saturated rings. The van der Waals surface area contributed by atoms with E-state index in [2.05, 4.69) is 28.9 Å². The summed E-state index contributed by atoms with van der Waals surface area (Å²) < 4.78 is 5.80. The predicted molar refractivity (Wildman–Crippen MR) is 88.4 cm³/mol. The van der Waals surface area contributed by atoms with Gasteiger partial charge in [0.1, 0.15) is 0 Å². The number of ether oxygens (including phenoxy) is 1. The maximum Gasteiger partial charge on any atom is 0.274 e. The summed E-state index contributed by atoms with van der Waals surface area (Å²) in [5.74, 6) is 0.728. The van der Waals surface area contributed by atoms with Crippen LogP contribution >= 0.6 is 0 Å². The van der Waals surface area contributed by atoms with Gasteiger partial charge in [0, 0.05) is 44.7 Å². The zero-order chi connectivity index (χ0) is 16.6. The number of hydrogen-bond donors (Lipinski definition) is 1. The molecule has 1 aromatic rings. The SMILES string of the molecule is CC(C)CN1CCN(C(=O)c2n[nH]c3c2C[C@H](C)O[C@@H]3C)CC1. The normalized spacial score (nSPS) is 25.7. The number of carbonyl (C=O) groups is 1. The van der Waals surface area contributed by atoms with Crippen molar-refractivity contribution in [2.75, 3.05) is 32.7 Å². The van der Waals surface area contributed by atoms with Crippen LogP contribution in [0.5, 0.6) is 0 Å². The van der Waals surface area contributed by atoms with Crippen LogP contribution in [0.1, 0.15) is 55.5 Å². The highest BCUT2D eigenvalue weighted by atomic mass is 16.5. The first-order chi connectivity index (χ1) is 11.0. The fourth-order valence-electron chi connectivity index (χ4n) is 3.65. The highest BCUT2D eigenvalue weighted by Gasteiger charge is 2.32. The molecule has 1 aromatic heterocycles. The number of nitrogens with zero attached hydrogens (tertiary/aromatic N) is 3. The minimum atomic E-state index is -0.0225. The Morgan fingerprint density at radius 2 is 2.00 bits per heavy atom. The first-order valence-corrected chi connectivity index (χ1v) is 8.70. The molecule has 3 rings (SSSR count). The average Bonchev–Trinajstić information content (AvgIpc) is 2.90. The molecule has 2 aliphatic heterocycles. The fourth-order valence-corrected chi connectivity index (χ4v) is 3.65. The van der Waals surface area contributed by atoms with E-state index < -0.39 is 0 Å². The fraction of sp³-hybridized carbons (Fsp3) is 0.765. The van der Waals surface area contributed by atoms with Gasteiger partial charge < -0.3 is 9.64 Å². The Hall–Kier alpha value is -1.40.